The lowest BCUT2D eigenvalue weighted by Crippen LogP contribution is -2.21. The smallest absolute Gasteiger partial charge is 0.141 e. The highest BCUT2D eigenvalue weighted by Crippen LogP contribution is 2.25. The van der Waals surface area contributed by atoms with Crippen molar-refractivity contribution in [2.45, 2.75) is 45.8 Å². The third-order valence-corrected chi connectivity index (χ3v) is 3.81. The average Bonchev–Trinajstić information content (AvgIpc) is 2.88. The molecule has 1 fully saturated rings. The van der Waals surface area contributed by atoms with E-state index < -0.39 is 0 Å². The minimum atomic E-state index is -0.0821. The summed E-state index contributed by atoms with van der Waals surface area (Å²) in [4.78, 5) is 4.06. The van der Waals surface area contributed by atoms with Crippen LogP contribution >= 0.6 is 0 Å². The zero-order valence-electron chi connectivity index (χ0n) is 10.9. The molecule has 3 N–H and O–H groups in total. The molecule has 0 unspecified atom stereocenters. The van der Waals surface area contributed by atoms with Gasteiger partial charge in [-0.25, -0.2) is 0 Å². The largest absolute Gasteiger partial charge is 0.506 e. The van der Waals surface area contributed by atoms with Crippen molar-refractivity contribution in [1.82, 2.24) is 10.3 Å². The Labute approximate surface area is 108 Å². The van der Waals surface area contributed by atoms with Gasteiger partial charge in [0, 0.05) is 23.9 Å². The summed E-state index contributed by atoms with van der Waals surface area (Å²) in [7, 11) is 0. The van der Waals surface area contributed by atoms with Crippen LogP contribution in [0.15, 0.2) is 6.20 Å². The van der Waals surface area contributed by atoms with Gasteiger partial charge in [0.2, 0.25) is 0 Å². The molecular weight excluding hydrogens is 228 g/mol. The quantitative estimate of drug-likeness (QED) is 0.746. The van der Waals surface area contributed by atoms with Crippen LogP contribution < -0.4 is 5.32 Å². The zero-order chi connectivity index (χ0) is 13.0. The molecule has 0 aliphatic heterocycles. The van der Waals surface area contributed by atoms with Gasteiger partial charge in [-0.15, -0.1) is 0 Å². The molecule has 4 heteroatoms. The molecule has 0 bridgehead atoms. The fourth-order valence-electron chi connectivity index (χ4n) is 2.63. The Morgan fingerprint density at radius 3 is 2.78 bits per heavy atom. The van der Waals surface area contributed by atoms with E-state index >= 15 is 0 Å². The van der Waals surface area contributed by atoms with Gasteiger partial charge in [0.1, 0.15) is 5.75 Å². The van der Waals surface area contributed by atoms with Crippen molar-refractivity contribution >= 4 is 0 Å². The minimum Gasteiger partial charge on any atom is -0.506 e. The van der Waals surface area contributed by atoms with Crippen LogP contribution in [0.3, 0.4) is 0 Å². The van der Waals surface area contributed by atoms with Crippen molar-refractivity contribution in [1.29, 1.82) is 0 Å². The molecule has 0 atom stereocenters. The van der Waals surface area contributed by atoms with Crippen molar-refractivity contribution in [3.63, 3.8) is 0 Å². The van der Waals surface area contributed by atoms with Gasteiger partial charge in [0.15, 0.2) is 0 Å². The third-order valence-electron chi connectivity index (χ3n) is 3.81. The maximum Gasteiger partial charge on any atom is 0.141 e. The van der Waals surface area contributed by atoms with Crippen molar-refractivity contribution in [3.8, 4) is 5.75 Å². The Kier molecular flexibility index (Phi) is 4.55. The Morgan fingerprint density at radius 1 is 1.39 bits per heavy atom. The molecule has 1 aromatic rings. The predicted molar refractivity (Wildman–Crippen MR) is 70.2 cm³/mol. The summed E-state index contributed by atoms with van der Waals surface area (Å²) in [6, 6.07) is 0. The maximum absolute atomic E-state index is 9.99. The van der Waals surface area contributed by atoms with E-state index in [9.17, 15) is 10.2 Å². The molecule has 2 rings (SSSR count). The highest BCUT2D eigenvalue weighted by Gasteiger charge is 2.15. The molecule has 1 aliphatic carbocycles. The normalized spacial score (nSPS) is 16.3. The first-order chi connectivity index (χ1) is 8.72. The SMILES string of the molecule is Cc1ncc(CO)c(CNCC2CCCC2)c1O. The minimum absolute atomic E-state index is 0.0821. The van der Waals surface area contributed by atoms with Crippen LogP contribution in [0.25, 0.3) is 0 Å². The van der Waals surface area contributed by atoms with E-state index in [4.69, 9.17) is 0 Å². The molecule has 1 heterocycles. The number of aromatic hydroxyl groups is 1. The number of hydrogen-bond donors (Lipinski definition) is 3. The van der Waals surface area contributed by atoms with Gasteiger partial charge < -0.3 is 15.5 Å². The number of aromatic nitrogens is 1. The zero-order valence-corrected chi connectivity index (χ0v) is 10.9. The van der Waals surface area contributed by atoms with Crippen LogP contribution in [0, 0.1) is 12.8 Å². The number of rotatable bonds is 5. The molecule has 4 nitrogen and oxygen atoms in total. The second kappa shape index (κ2) is 6.16. The van der Waals surface area contributed by atoms with Gasteiger partial charge in [0.05, 0.1) is 12.3 Å². The molecule has 0 spiro atoms. The van der Waals surface area contributed by atoms with Gasteiger partial charge in [0.25, 0.3) is 0 Å². The number of pyridine rings is 1. The molecule has 100 valence electrons. The number of nitrogens with one attached hydrogen (secondary N) is 1. The van der Waals surface area contributed by atoms with E-state index in [1.165, 1.54) is 25.7 Å². The third kappa shape index (κ3) is 3.00. The van der Waals surface area contributed by atoms with Crippen LogP contribution in [-0.4, -0.2) is 21.7 Å². The molecule has 1 saturated carbocycles. The molecule has 0 saturated heterocycles. The summed E-state index contributed by atoms with van der Waals surface area (Å²) in [5.74, 6) is 0.980. The van der Waals surface area contributed by atoms with Gasteiger partial charge in [-0.2, -0.15) is 0 Å². The van der Waals surface area contributed by atoms with Crippen molar-refractivity contribution in [2.75, 3.05) is 6.54 Å². The van der Waals surface area contributed by atoms with Crippen molar-refractivity contribution in [3.05, 3.63) is 23.0 Å². The molecule has 0 aromatic carbocycles. The van der Waals surface area contributed by atoms with Crippen molar-refractivity contribution in [2.24, 2.45) is 5.92 Å². The van der Waals surface area contributed by atoms with Crippen LogP contribution in [-0.2, 0) is 13.2 Å². The molecule has 18 heavy (non-hydrogen) atoms. The second-order valence-corrected chi connectivity index (χ2v) is 5.14. The first-order valence-corrected chi connectivity index (χ1v) is 6.70. The molecule has 1 aromatic heterocycles. The summed E-state index contributed by atoms with van der Waals surface area (Å²) in [6.07, 6.45) is 6.94. The van der Waals surface area contributed by atoms with Crippen LogP contribution in [0.2, 0.25) is 0 Å². The Bertz CT molecular complexity index is 401. The summed E-state index contributed by atoms with van der Waals surface area (Å²) in [5.41, 5.74) is 2.10. The van der Waals surface area contributed by atoms with Gasteiger partial charge in [-0.05, 0) is 32.2 Å². The summed E-state index contributed by atoms with van der Waals surface area (Å²) in [6.45, 7) is 3.28. The van der Waals surface area contributed by atoms with Crippen LogP contribution in [0.1, 0.15) is 42.5 Å². The summed E-state index contributed by atoms with van der Waals surface area (Å²) in [5, 5.41) is 22.6. The first-order valence-electron chi connectivity index (χ1n) is 6.70. The lowest BCUT2D eigenvalue weighted by Gasteiger charge is -2.14. The summed E-state index contributed by atoms with van der Waals surface area (Å²) >= 11 is 0. The summed E-state index contributed by atoms with van der Waals surface area (Å²) < 4.78 is 0. The lowest BCUT2D eigenvalue weighted by atomic mass is 10.1. The number of nitrogens with zero attached hydrogens (tertiary/aromatic N) is 1. The molecule has 0 amide bonds. The molecule has 0 radical (unpaired) electrons. The number of aliphatic hydroxyl groups is 1. The highest BCUT2D eigenvalue weighted by molar-refractivity contribution is 5.40. The standard InChI is InChI=1S/C14H22N2O2/c1-10-14(18)13(12(9-17)7-16-10)8-15-6-11-4-2-3-5-11/h7,11,15,17-18H,2-6,8-9H2,1H3. The highest BCUT2D eigenvalue weighted by atomic mass is 16.3. The van der Waals surface area contributed by atoms with Crippen LogP contribution in [0.4, 0.5) is 0 Å². The van der Waals surface area contributed by atoms with E-state index in [0.717, 1.165) is 18.0 Å². The van der Waals surface area contributed by atoms with Gasteiger partial charge in [-0.3, -0.25) is 4.98 Å². The van der Waals surface area contributed by atoms with E-state index in [1.807, 2.05) is 0 Å². The van der Waals surface area contributed by atoms with E-state index in [1.54, 1.807) is 13.1 Å². The van der Waals surface area contributed by atoms with Crippen molar-refractivity contribution < 1.29 is 10.2 Å². The fourth-order valence-corrected chi connectivity index (χ4v) is 2.63. The Hall–Kier alpha value is -1.13. The lowest BCUT2D eigenvalue weighted by molar-refractivity contribution is 0.278. The monoisotopic (exact) mass is 250 g/mol. The topological polar surface area (TPSA) is 65.4 Å². The predicted octanol–water partition coefficient (Wildman–Crippen LogP) is 1.87. The van der Waals surface area contributed by atoms with E-state index in [-0.39, 0.29) is 12.4 Å². The van der Waals surface area contributed by atoms with Gasteiger partial charge in [-0.1, -0.05) is 12.8 Å². The van der Waals surface area contributed by atoms with Crippen LogP contribution in [0.5, 0.6) is 5.75 Å². The Balaban J connectivity index is 1.96. The second-order valence-electron chi connectivity index (χ2n) is 5.14. The first kappa shape index (κ1) is 13.3. The molecule has 1 aliphatic rings. The Morgan fingerprint density at radius 2 is 2.11 bits per heavy atom. The number of aryl methyl sites for hydroxylation is 1. The number of hydrogen-bond acceptors (Lipinski definition) is 4. The maximum atomic E-state index is 9.99. The van der Waals surface area contributed by atoms with E-state index in [0.29, 0.717) is 17.8 Å². The molecular formula is C14H22N2O2. The average molecular weight is 250 g/mol. The fraction of sp³-hybridized carbons (Fsp3) is 0.643. The van der Waals surface area contributed by atoms with Gasteiger partial charge >= 0.3 is 0 Å². The number of aliphatic hydroxyl groups excluding tert-OH is 1. The van der Waals surface area contributed by atoms with E-state index in [2.05, 4.69) is 10.3 Å².